The van der Waals surface area contributed by atoms with Gasteiger partial charge in [-0.25, -0.2) is 0 Å². The molecule has 1 atom stereocenters. The van der Waals surface area contributed by atoms with Gasteiger partial charge in [0.05, 0.1) is 18.2 Å². The van der Waals surface area contributed by atoms with Crippen molar-refractivity contribution in [1.29, 1.82) is 0 Å². The second kappa shape index (κ2) is 5.97. The van der Waals surface area contributed by atoms with Gasteiger partial charge in [-0.05, 0) is 50.1 Å². The van der Waals surface area contributed by atoms with E-state index < -0.39 is 0 Å². The molecule has 4 rings (SSSR count). The molecule has 2 N–H and O–H groups in total. The van der Waals surface area contributed by atoms with Crippen LogP contribution in [0.3, 0.4) is 0 Å². The highest BCUT2D eigenvalue weighted by atomic mass is 16.5. The van der Waals surface area contributed by atoms with Crippen LogP contribution in [0, 0.1) is 0 Å². The van der Waals surface area contributed by atoms with E-state index in [-0.39, 0.29) is 17.4 Å². The first kappa shape index (κ1) is 17.3. The molecule has 2 aliphatic heterocycles. The number of aromatic hydroxyl groups is 1. The van der Waals surface area contributed by atoms with Crippen LogP contribution in [0.4, 0.5) is 5.69 Å². The lowest BCUT2D eigenvalue weighted by Gasteiger charge is -2.36. The fraction of sp³-hybridized carbons (Fsp3) is 0.261. The number of nitrogens with one attached hydrogen (secondary N) is 1. The van der Waals surface area contributed by atoms with Crippen LogP contribution in [0.5, 0.6) is 17.2 Å². The van der Waals surface area contributed by atoms with E-state index in [0.29, 0.717) is 11.5 Å². The molecule has 2 aromatic carbocycles. The third-order valence-corrected chi connectivity index (χ3v) is 5.05. The van der Waals surface area contributed by atoms with E-state index in [1.165, 1.54) is 5.57 Å². The molecular formula is C23H23NO3. The van der Waals surface area contributed by atoms with Crippen molar-refractivity contribution in [3.8, 4) is 28.4 Å². The van der Waals surface area contributed by atoms with E-state index in [1.54, 1.807) is 19.2 Å². The summed E-state index contributed by atoms with van der Waals surface area (Å²) in [6, 6.07) is 7.50. The lowest BCUT2D eigenvalue weighted by atomic mass is 9.81. The van der Waals surface area contributed by atoms with Crippen LogP contribution in [-0.2, 0) is 0 Å². The molecule has 0 aliphatic carbocycles. The maximum atomic E-state index is 10.3. The molecule has 0 fully saturated rings. The normalized spacial score (nSPS) is 18.5. The molecule has 4 heteroatoms. The molecule has 138 valence electrons. The minimum absolute atomic E-state index is 0.0905. The first-order chi connectivity index (χ1) is 12.9. The Labute approximate surface area is 159 Å². The Balaban J connectivity index is 2.07. The molecule has 1 unspecified atom stereocenters. The summed E-state index contributed by atoms with van der Waals surface area (Å²) in [7, 11) is 1.55. The van der Waals surface area contributed by atoms with Gasteiger partial charge in [-0.3, -0.25) is 0 Å². The van der Waals surface area contributed by atoms with Crippen LogP contribution in [0.2, 0.25) is 0 Å². The summed E-state index contributed by atoms with van der Waals surface area (Å²) >= 11 is 0. The van der Waals surface area contributed by atoms with Gasteiger partial charge >= 0.3 is 0 Å². The van der Waals surface area contributed by atoms with Crippen LogP contribution >= 0.6 is 0 Å². The lowest BCUT2D eigenvalue weighted by molar-refractivity contribution is 0.249. The molecule has 0 saturated heterocycles. The number of rotatable bonds is 2. The summed E-state index contributed by atoms with van der Waals surface area (Å²) in [5.41, 5.74) is 8.86. The van der Waals surface area contributed by atoms with Crippen LogP contribution in [0.15, 0.2) is 48.7 Å². The van der Waals surface area contributed by atoms with Crippen LogP contribution < -0.4 is 14.8 Å². The Hall–Kier alpha value is -3.10. The van der Waals surface area contributed by atoms with Crippen molar-refractivity contribution in [1.82, 2.24) is 0 Å². The number of hydrogen-bond donors (Lipinski definition) is 2. The summed E-state index contributed by atoms with van der Waals surface area (Å²) in [6.07, 6.45) is 3.73. The minimum Gasteiger partial charge on any atom is -0.504 e. The zero-order chi connectivity index (χ0) is 19.3. The van der Waals surface area contributed by atoms with Crippen molar-refractivity contribution in [3.05, 3.63) is 59.9 Å². The number of ether oxygens (including phenoxy) is 2. The molecule has 2 heterocycles. The van der Waals surface area contributed by atoms with E-state index in [4.69, 9.17) is 9.47 Å². The van der Waals surface area contributed by atoms with Crippen molar-refractivity contribution in [2.24, 2.45) is 0 Å². The van der Waals surface area contributed by atoms with Gasteiger partial charge in [-0.1, -0.05) is 18.7 Å². The fourth-order valence-corrected chi connectivity index (χ4v) is 4.19. The Morgan fingerprint density at radius 1 is 1.26 bits per heavy atom. The number of methoxy groups -OCH3 is 1. The highest BCUT2D eigenvalue weighted by molar-refractivity contribution is 5.92. The fourth-order valence-electron chi connectivity index (χ4n) is 4.19. The largest absolute Gasteiger partial charge is 0.504 e. The summed E-state index contributed by atoms with van der Waals surface area (Å²) in [4.78, 5) is 0. The second-order valence-corrected chi connectivity index (χ2v) is 7.52. The van der Waals surface area contributed by atoms with E-state index in [2.05, 4.69) is 56.6 Å². The Morgan fingerprint density at radius 2 is 2.04 bits per heavy atom. The van der Waals surface area contributed by atoms with Gasteiger partial charge in [-0.15, -0.1) is 5.73 Å². The average Bonchev–Trinajstić information content (AvgIpc) is 2.60. The molecule has 27 heavy (non-hydrogen) atoms. The molecular weight excluding hydrogens is 338 g/mol. The highest BCUT2D eigenvalue weighted by Crippen LogP contribution is 2.54. The third kappa shape index (κ3) is 2.61. The standard InChI is InChI=1S/C23H23NO3/c1-6-7-17-20-14(21-18(27-17)11-10-16(25)22(21)26-5)8-9-15-19(20)13(2)12-23(3,4)24-15/h7-12,17,24-25H,1H2,2-5H3. The van der Waals surface area contributed by atoms with E-state index in [1.807, 2.05) is 6.08 Å². The minimum atomic E-state index is -0.319. The molecule has 0 spiro atoms. The van der Waals surface area contributed by atoms with Gasteiger partial charge in [-0.2, -0.15) is 0 Å². The molecule has 0 radical (unpaired) electrons. The zero-order valence-corrected chi connectivity index (χ0v) is 16.0. The van der Waals surface area contributed by atoms with E-state index in [0.717, 1.165) is 27.9 Å². The van der Waals surface area contributed by atoms with E-state index in [9.17, 15) is 5.11 Å². The summed E-state index contributed by atoms with van der Waals surface area (Å²) in [5.74, 6) is 1.17. The van der Waals surface area contributed by atoms with Crippen LogP contribution in [-0.4, -0.2) is 17.8 Å². The number of benzene rings is 2. The van der Waals surface area contributed by atoms with Crippen molar-refractivity contribution in [2.45, 2.75) is 32.4 Å². The predicted molar refractivity (Wildman–Crippen MR) is 109 cm³/mol. The van der Waals surface area contributed by atoms with Crippen LogP contribution in [0.1, 0.15) is 38.0 Å². The van der Waals surface area contributed by atoms with E-state index >= 15 is 0 Å². The Kier molecular flexibility index (Phi) is 3.83. The van der Waals surface area contributed by atoms with Crippen molar-refractivity contribution in [2.75, 3.05) is 12.4 Å². The predicted octanol–water partition coefficient (Wildman–Crippen LogP) is 5.45. The maximum Gasteiger partial charge on any atom is 0.172 e. The highest BCUT2D eigenvalue weighted by Gasteiger charge is 2.34. The average molecular weight is 361 g/mol. The quantitative estimate of drug-likeness (QED) is 0.699. The zero-order valence-electron chi connectivity index (χ0n) is 16.0. The summed E-state index contributed by atoms with van der Waals surface area (Å²) < 4.78 is 11.8. The number of allylic oxidation sites excluding steroid dienone is 1. The van der Waals surface area contributed by atoms with Crippen molar-refractivity contribution >= 4 is 11.3 Å². The maximum absolute atomic E-state index is 10.3. The first-order valence-corrected chi connectivity index (χ1v) is 8.94. The molecule has 0 aromatic heterocycles. The molecule has 4 nitrogen and oxygen atoms in total. The Bertz CT molecular complexity index is 1030. The first-order valence-electron chi connectivity index (χ1n) is 8.94. The molecule has 2 aromatic rings. The summed E-state index contributed by atoms with van der Waals surface area (Å²) in [5, 5.41) is 13.9. The number of fused-ring (bicyclic) bond motifs is 5. The van der Waals surface area contributed by atoms with Gasteiger partial charge < -0.3 is 19.9 Å². The number of hydrogen-bond acceptors (Lipinski definition) is 4. The molecule has 0 amide bonds. The number of phenols is 1. The molecule has 0 saturated carbocycles. The van der Waals surface area contributed by atoms with Gasteiger partial charge in [0.25, 0.3) is 0 Å². The Morgan fingerprint density at radius 3 is 2.74 bits per heavy atom. The van der Waals surface area contributed by atoms with Crippen LogP contribution in [0.25, 0.3) is 16.7 Å². The summed E-state index contributed by atoms with van der Waals surface area (Å²) in [6.45, 7) is 10.1. The monoisotopic (exact) mass is 361 g/mol. The van der Waals surface area contributed by atoms with Gasteiger partial charge in [0.1, 0.15) is 5.75 Å². The number of anilines is 1. The van der Waals surface area contributed by atoms with Gasteiger partial charge in [0, 0.05) is 22.9 Å². The van der Waals surface area contributed by atoms with Gasteiger partial charge in [0.15, 0.2) is 17.6 Å². The SMILES string of the molecule is C=C=CC1Oc2ccc(O)c(OC)c2-c2ccc3c(c21)C(C)=CC(C)(C)N3. The van der Waals surface area contributed by atoms with Gasteiger partial charge in [0.2, 0.25) is 0 Å². The topological polar surface area (TPSA) is 50.7 Å². The molecule has 2 aliphatic rings. The molecule has 0 bridgehead atoms. The van der Waals surface area contributed by atoms with Crippen molar-refractivity contribution < 1.29 is 14.6 Å². The number of phenolic OH excluding ortho intramolecular Hbond substituents is 1. The lowest BCUT2D eigenvalue weighted by Crippen LogP contribution is -2.32. The third-order valence-electron chi connectivity index (χ3n) is 5.05. The van der Waals surface area contributed by atoms with Crippen molar-refractivity contribution in [3.63, 3.8) is 0 Å². The smallest absolute Gasteiger partial charge is 0.172 e. The second-order valence-electron chi connectivity index (χ2n) is 7.52.